The monoisotopic (exact) mass is 290 g/mol. The maximum atomic E-state index is 11.9. The Labute approximate surface area is 115 Å². The first kappa shape index (κ1) is 15.1. The van der Waals surface area contributed by atoms with Gasteiger partial charge in [-0.3, -0.25) is 0 Å². The van der Waals surface area contributed by atoms with Crippen molar-refractivity contribution in [3.63, 3.8) is 0 Å². The highest BCUT2D eigenvalue weighted by Crippen LogP contribution is 2.36. The molecular weight excluding hydrogens is 273 g/mol. The van der Waals surface area contributed by atoms with Crippen LogP contribution in [0.15, 0.2) is 24.3 Å². The standard InChI is InChI=1S/C14H17F3O3/c15-14(16,17)9-19-8-11(18)7-10-5-6-20-13-4-2-1-3-12(10)13/h1-4,10-11,18H,5-9H2. The fraction of sp³-hybridized carbons (Fsp3) is 0.571. The van der Waals surface area contributed by atoms with Crippen molar-refractivity contribution < 1.29 is 27.8 Å². The van der Waals surface area contributed by atoms with E-state index in [0.29, 0.717) is 13.0 Å². The van der Waals surface area contributed by atoms with Crippen LogP contribution in [0.25, 0.3) is 0 Å². The third-order valence-electron chi connectivity index (χ3n) is 3.22. The number of halogens is 3. The first-order chi connectivity index (χ1) is 9.46. The molecule has 6 heteroatoms. The number of aliphatic hydroxyl groups excluding tert-OH is 1. The Hall–Kier alpha value is -1.27. The molecule has 2 rings (SSSR count). The van der Waals surface area contributed by atoms with E-state index in [4.69, 9.17) is 4.74 Å². The summed E-state index contributed by atoms with van der Waals surface area (Å²) in [5, 5.41) is 9.79. The molecule has 0 spiro atoms. The minimum absolute atomic E-state index is 0.0874. The van der Waals surface area contributed by atoms with Crippen molar-refractivity contribution in [3.05, 3.63) is 29.8 Å². The van der Waals surface area contributed by atoms with Crippen molar-refractivity contribution in [1.29, 1.82) is 0 Å². The van der Waals surface area contributed by atoms with Gasteiger partial charge < -0.3 is 14.6 Å². The second-order valence-electron chi connectivity index (χ2n) is 4.89. The molecule has 1 aliphatic rings. The number of alkyl halides is 3. The van der Waals surface area contributed by atoms with E-state index in [0.717, 1.165) is 17.7 Å². The van der Waals surface area contributed by atoms with Crippen LogP contribution in [0.5, 0.6) is 5.75 Å². The minimum Gasteiger partial charge on any atom is -0.493 e. The van der Waals surface area contributed by atoms with Gasteiger partial charge in [0.15, 0.2) is 0 Å². The van der Waals surface area contributed by atoms with Crippen LogP contribution in [0.4, 0.5) is 13.2 Å². The number of aliphatic hydroxyl groups is 1. The van der Waals surface area contributed by atoms with Crippen LogP contribution >= 0.6 is 0 Å². The van der Waals surface area contributed by atoms with E-state index < -0.39 is 18.9 Å². The van der Waals surface area contributed by atoms with Crippen molar-refractivity contribution in [2.75, 3.05) is 19.8 Å². The number of hydrogen-bond donors (Lipinski definition) is 1. The van der Waals surface area contributed by atoms with Gasteiger partial charge in [0.25, 0.3) is 0 Å². The number of para-hydroxylation sites is 1. The number of benzene rings is 1. The lowest BCUT2D eigenvalue weighted by molar-refractivity contribution is -0.179. The highest BCUT2D eigenvalue weighted by molar-refractivity contribution is 5.37. The summed E-state index contributed by atoms with van der Waals surface area (Å²) in [6, 6.07) is 7.52. The lowest BCUT2D eigenvalue weighted by atomic mass is 9.88. The molecule has 1 heterocycles. The molecule has 1 aromatic rings. The number of ether oxygens (including phenoxy) is 2. The Kier molecular flexibility index (Phi) is 4.88. The summed E-state index contributed by atoms with van der Waals surface area (Å²) in [6.07, 6.45) is -4.15. The third kappa shape index (κ3) is 4.38. The van der Waals surface area contributed by atoms with Crippen molar-refractivity contribution >= 4 is 0 Å². The number of rotatable bonds is 5. The highest BCUT2D eigenvalue weighted by atomic mass is 19.4. The van der Waals surface area contributed by atoms with Crippen molar-refractivity contribution in [3.8, 4) is 5.75 Å². The van der Waals surface area contributed by atoms with Gasteiger partial charge in [0, 0.05) is 0 Å². The summed E-state index contributed by atoms with van der Waals surface area (Å²) < 4.78 is 45.8. The summed E-state index contributed by atoms with van der Waals surface area (Å²) in [4.78, 5) is 0. The summed E-state index contributed by atoms with van der Waals surface area (Å²) in [7, 11) is 0. The molecule has 0 radical (unpaired) electrons. The molecule has 0 amide bonds. The first-order valence-corrected chi connectivity index (χ1v) is 6.50. The Bertz CT molecular complexity index is 434. The van der Waals surface area contributed by atoms with Crippen LogP contribution in [-0.2, 0) is 4.74 Å². The van der Waals surface area contributed by atoms with Gasteiger partial charge in [-0.15, -0.1) is 0 Å². The molecule has 20 heavy (non-hydrogen) atoms. The van der Waals surface area contributed by atoms with Gasteiger partial charge in [-0.1, -0.05) is 18.2 Å². The van der Waals surface area contributed by atoms with Crippen LogP contribution < -0.4 is 4.74 Å². The molecule has 112 valence electrons. The molecule has 0 saturated carbocycles. The molecule has 1 aromatic carbocycles. The van der Waals surface area contributed by atoms with Crippen LogP contribution in [-0.4, -0.2) is 37.2 Å². The molecule has 2 unspecified atom stereocenters. The molecule has 0 fully saturated rings. The normalized spacial score (nSPS) is 20.1. The Morgan fingerprint density at radius 1 is 1.35 bits per heavy atom. The van der Waals surface area contributed by atoms with E-state index in [1.807, 2.05) is 24.3 Å². The van der Waals surface area contributed by atoms with Crippen molar-refractivity contribution in [2.24, 2.45) is 0 Å². The smallest absolute Gasteiger partial charge is 0.411 e. The Balaban J connectivity index is 1.85. The molecule has 1 N–H and O–H groups in total. The maximum Gasteiger partial charge on any atom is 0.411 e. The Morgan fingerprint density at radius 3 is 2.85 bits per heavy atom. The predicted molar refractivity (Wildman–Crippen MR) is 66.8 cm³/mol. The maximum absolute atomic E-state index is 11.9. The average molecular weight is 290 g/mol. The third-order valence-corrected chi connectivity index (χ3v) is 3.22. The first-order valence-electron chi connectivity index (χ1n) is 6.50. The van der Waals surface area contributed by atoms with Crippen LogP contribution in [0.2, 0.25) is 0 Å². The van der Waals surface area contributed by atoms with E-state index in [9.17, 15) is 18.3 Å². The van der Waals surface area contributed by atoms with Gasteiger partial charge in [-0.05, 0) is 30.4 Å². The molecular formula is C14H17F3O3. The predicted octanol–water partition coefficient (Wildman–Crippen LogP) is 2.88. The molecule has 3 nitrogen and oxygen atoms in total. The zero-order chi connectivity index (χ0) is 14.6. The lowest BCUT2D eigenvalue weighted by Gasteiger charge is -2.27. The zero-order valence-electron chi connectivity index (χ0n) is 10.9. The second-order valence-corrected chi connectivity index (χ2v) is 4.89. The topological polar surface area (TPSA) is 38.7 Å². The summed E-state index contributed by atoms with van der Waals surface area (Å²) in [5.41, 5.74) is 0.994. The average Bonchev–Trinajstić information content (AvgIpc) is 2.37. The fourth-order valence-corrected chi connectivity index (χ4v) is 2.37. The number of hydrogen-bond acceptors (Lipinski definition) is 3. The van der Waals surface area contributed by atoms with Crippen molar-refractivity contribution in [1.82, 2.24) is 0 Å². The van der Waals surface area contributed by atoms with Gasteiger partial charge in [0.2, 0.25) is 0 Å². The number of fused-ring (bicyclic) bond motifs is 1. The molecule has 0 bridgehead atoms. The van der Waals surface area contributed by atoms with Crippen LogP contribution in [0.3, 0.4) is 0 Å². The van der Waals surface area contributed by atoms with Crippen molar-refractivity contribution in [2.45, 2.75) is 31.0 Å². The zero-order valence-corrected chi connectivity index (χ0v) is 10.9. The minimum atomic E-state index is -4.36. The van der Waals surface area contributed by atoms with E-state index in [1.54, 1.807) is 0 Å². The highest BCUT2D eigenvalue weighted by Gasteiger charge is 2.28. The second kappa shape index (κ2) is 6.45. The van der Waals surface area contributed by atoms with E-state index in [-0.39, 0.29) is 12.5 Å². The largest absolute Gasteiger partial charge is 0.493 e. The van der Waals surface area contributed by atoms with Gasteiger partial charge >= 0.3 is 6.18 Å². The molecule has 0 aromatic heterocycles. The summed E-state index contributed by atoms with van der Waals surface area (Å²) >= 11 is 0. The van der Waals surface area contributed by atoms with Gasteiger partial charge in [-0.25, -0.2) is 0 Å². The molecule has 1 aliphatic heterocycles. The quantitative estimate of drug-likeness (QED) is 0.906. The summed E-state index contributed by atoms with van der Waals surface area (Å²) in [5.74, 6) is 0.872. The fourth-order valence-electron chi connectivity index (χ4n) is 2.37. The molecule has 0 saturated heterocycles. The van der Waals surface area contributed by atoms with Gasteiger partial charge in [0.1, 0.15) is 12.4 Å². The van der Waals surface area contributed by atoms with E-state index in [1.165, 1.54) is 0 Å². The molecule has 0 aliphatic carbocycles. The lowest BCUT2D eigenvalue weighted by Crippen LogP contribution is -2.25. The summed E-state index contributed by atoms with van der Waals surface area (Å²) in [6.45, 7) is -1.08. The van der Waals surface area contributed by atoms with Crippen LogP contribution in [0, 0.1) is 0 Å². The van der Waals surface area contributed by atoms with E-state index >= 15 is 0 Å². The molecule has 2 atom stereocenters. The van der Waals surface area contributed by atoms with E-state index in [2.05, 4.69) is 4.74 Å². The Morgan fingerprint density at radius 2 is 2.10 bits per heavy atom. The van der Waals surface area contributed by atoms with Gasteiger partial charge in [0.05, 0.1) is 19.3 Å². The SMILES string of the molecule is OC(COCC(F)(F)F)CC1CCOc2ccccc21. The van der Waals surface area contributed by atoms with Gasteiger partial charge in [-0.2, -0.15) is 13.2 Å². The van der Waals surface area contributed by atoms with Crippen LogP contribution in [0.1, 0.15) is 24.3 Å².